The Kier molecular flexibility index (Phi) is 4.96. The molecule has 5 nitrogen and oxygen atoms in total. The summed E-state index contributed by atoms with van der Waals surface area (Å²) in [7, 11) is 0. The molecule has 0 radical (unpaired) electrons. The average Bonchev–Trinajstić information content (AvgIpc) is 2.70. The highest BCUT2D eigenvalue weighted by Crippen LogP contribution is 2.38. The fourth-order valence-corrected chi connectivity index (χ4v) is 3.48. The summed E-state index contributed by atoms with van der Waals surface area (Å²) in [6.45, 7) is 2.48. The molecule has 9 heteroatoms. The number of benzene rings is 1. The third-order valence-corrected chi connectivity index (χ3v) is 5.27. The van der Waals surface area contributed by atoms with Crippen LogP contribution in [0.25, 0.3) is 10.9 Å². The predicted molar refractivity (Wildman–Crippen MR) is 109 cm³/mol. The molecule has 31 heavy (non-hydrogen) atoms. The molecule has 4 rings (SSSR count). The van der Waals surface area contributed by atoms with Gasteiger partial charge in [-0.3, -0.25) is 0 Å². The van der Waals surface area contributed by atoms with Gasteiger partial charge in [0.1, 0.15) is 16.9 Å². The normalized spacial score (nSPS) is 14.2. The molecule has 1 aliphatic rings. The van der Waals surface area contributed by atoms with Crippen LogP contribution in [0.3, 0.4) is 0 Å². The van der Waals surface area contributed by atoms with Gasteiger partial charge in [0.25, 0.3) is 0 Å². The molecule has 2 aromatic heterocycles. The van der Waals surface area contributed by atoms with Gasteiger partial charge in [-0.2, -0.15) is 18.2 Å². The molecule has 0 atom stereocenters. The van der Waals surface area contributed by atoms with Crippen LogP contribution in [0, 0.1) is 23.1 Å². The standard InChI is InChI=1S/C22H18F4N4O/c1-21(2,22(24,25)26)10-8-15-13-5-4-12-30(17(13)9-11-27-15)19-18-14(23)6-3-7-16(18)28-20(31)29-19/h3,6-7,9,11H,4-5,12H2,1-2H3,(H,28,29,31). The van der Waals surface area contributed by atoms with E-state index < -0.39 is 23.1 Å². The van der Waals surface area contributed by atoms with E-state index in [4.69, 9.17) is 0 Å². The number of alkyl halides is 3. The molecule has 0 unspecified atom stereocenters. The minimum atomic E-state index is -4.48. The van der Waals surface area contributed by atoms with Gasteiger partial charge in [-0.05, 0) is 50.8 Å². The number of fused-ring (bicyclic) bond motifs is 2. The Morgan fingerprint density at radius 2 is 1.97 bits per heavy atom. The highest BCUT2D eigenvalue weighted by molar-refractivity contribution is 5.92. The number of aromatic nitrogens is 3. The maximum atomic E-state index is 14.6. The third kappa shape index (κ3) is 3.74. The van der Waals surface area contributed by atoms with Crippen LogP contribution in [0.15, 0.2) is 35.3 Å². The van der Waals surface area contributed by atoms with Gasteiger partial charge in [0.05, 0.1) is 10.9 Å². The van der Waals surface area contributed by atoms with E-state index in [1.54, 1.807) is 17.0 Å². The van der Waals surface area contributed by atoms with Crippen LogP contribution < -0.4 is 10.6 Å². The van der Waals surface area contributed by atoms with Crippen molar-refractivity contribution in [3.63, 3.8) is 0 Å². The zero-order chi connectivity index (χ0) is 22.4. The van der Waals surface area contributed by atoms with E-state index >= 15 is 0 Å². The number of nitrogens with zero attached hydrogens (tertiary/aromatic N) is 3. The molecule has 0 saturated heterocycles. The molecule has 0 saturated carbocycles. The smallest absolute Gasteiger partial charge is 0.325 e. The van der Waals surface area contributed by atoms with Crippen LogP contribution in [0.1, 0.15) is 31.5 Å². The highest BCUT2D eigenvalue weighted by Gasteiger charge is 2.46. The van der Waals surface area contributed by atoms with Gasteiger partial charge in [0.15, 0.2) is 5.82 Å². The first-order valence-electron chi connectivity index (χ1n) is 9.62. The monoisotopic (exact) mass is 430 g/mol. The number of H-pyrrole nitrogens is 1. The average molecular weight is 430 g/mol. The van der Waals surface area contributed by atoms with Crippen molar-refractivity contribution in [2.24, 2.45) is 5.41 Å². The van der Waals surface area contributed by atoms with E-state index in [1.807, 2.05) is 0 Å². The topological polar surface area (TPSA) is 61.9 Å². The Morgan fingerprint density at radius 1 is 1.19 bits per heavy atom. The second-order valence-electron chi connectivity index (χ2n) is 7.81. The number of anilines is 2. The van der Waals surface area contributed by atoms with Crippen molar-refractivity contribution < 1.29 is 17.6 Å². The lowest BCUT2D eigenvalue weighted by Crippen LogP contribution is -2.30. The van der Waals surface area contributed by atoms with E-state index in [-0.39, 0.29) is 16.9 Å². The van der Waals surface area contributed by atoms with Gasteiger partial charge >= 0.3 is 11.9 Å². The SMILES string of the molecule is CC(C)(C#Cc1nccc2c1CCCN2c1nc(=O)[nH]c2cccc(F)c12)C(F)(F)F. The lowest BCUT2D eigenvalue weighted by molar-refractivity contribution is -0.190. The Morgan fingerprint density at radius 3 is 2.71 bits per heavy atom. The van der Waals surface area contributed by atoms with Gasteiger partial charge in [-0.15, -0.1) is 0 Å². The first kappa shape index (κ1) is 20.8. The summed E-state index contributed by atoms with van der Waals surface area (Å²) in [6.07, 6.45) is -1.89. The van der Waals surface area contributed by atoms with Crippen molar-refractivity contribution in [1.82, 2.24) is 15.0 Å². The first-order valence-corrected chi connectivity index (χ1v) is 9.62. The summed E-state index contributed by atoms with van der Waals surface area (Å²) >= 11 is 0. The molecule has 0 bridgehead atoms. The fourth-order valence-electron chi connectivity index (χ4n) is 3.48. The molecule has 160 valence electrons. The van der Waals surface area contributed by atoms with Gasteiger partial charge < -0.3 is 9.88 Å². The van der Waals surface area contributed by atoms with Crippen LogP contribution in [-0.2, 0) is 6.42 Å². The zero-order valence-electron chi connectivity index (χ0n) is 16.8. The van der Waals surface area contributed by atoms with Gasteiger partial charge in [-0.25, -0.2) is 14.2 Å². The maximum absolute atomic E-state index is 14.6. The molecule has 1 N–H and O–H groups in total. The summed E-state index contributed by atoms with van der Waals surface area (Å²) in [6, 6.07) is 6.02. The van der Waals surface area contributed by atoms with Crippen LogP contribution in [0.2, 0.25) is 0 Å². The van der Waals surface area contributed by atoms with Crippen molar-refractivity contribution in [2.45, 2.75) is 32.9 Å². The summed E-state index contributed by atoms with van der Waals surface area (Å²) in [5.41, 5.74) is -1.04. The number of hydrogen-bond donors (Lipinski definition) is 1. The molecular formula is C22H18F4N4O. The summed E-state index contributed by atoms with van der Waals surface area (Å²) in [5, 5.41) is 0.164. The number of hydrogen-bond acceptors (Lipinski definition) is 4. The van der Waals surface area contributed by atoms with Crippen molar-refractivity contribution in [2.75, 3.05) is 11.4 Å². The van der Waals surface area contributed by atoms with E-state index in [0.717, 1.165) is 13.8 Å². The Hall–Kier alpha value is -3.41. The second-order valence-corrected chi connectivity index (χ2v) is 7.81. The zero-order valence-corrected chi connectivity index (χ0v) is 16.8. The minimum Gasteiger partial charge on any atom is -0.325 e. The van der Waals surface area contributed by atoms with Crippen molar-refractivity contribution in [3.05, 3.63) is 58.0 Å². The van der Waals surface area contributed by atoms with Gasteiger partial charge in [-0.1, -0.05) is 12.0 Å². The highest BCUT2D eigenvalue weighted by atomic mass is 19.4. The Balaban J connectivity index is 1.86. The minimum absolute atomic E-state index is 0.151. The molecule has 3 aromatic rings. The number of nitrogens with one attached hydrogen (secondary N) is 1. The van der Waals surface area contributed by atoms with Crippen LogP contribution >= 0.6 is 0 Å². The Labute approximate surface area is 175 Å². The molecule has 0 spiro atoms. The summed E-state index contributed by atoms with van der Waals surface area (Å²) in [5.74, 6) is 4.48. The number of aromatic amines is 1. The van der Waals surface area contributed by atoms with Crippen LogP contribution in [0.4, 0.5) is 29.1 Å². The lowest BCUT2D eigenvalue weighted by atomic mass is 9.93. The predicted octanol–water partition coefficient (Wildman–Crippen LogP) is 4.48. The second kappa shape index (κ2) is 7.38. The first-order chi connectivity index (χ1) is 14.6. The molecule has 3 heterocycles. The molecule has 1 aromatic carbocycles. The number of halogens is 4. The molecule has 0 amide bonds. The molecule has 0 fully saturated rings. The van der Waals surface area contributed by atoms with Gasteiger partial charge in [0.2, 0.25) is 0 Å². The van der Waals surface area contributed by atoms with E-state index in [1.165, 1.54) is 18.3 Å². The summed E-state index contributed by atoms with van der Waals surface area (Å²) in [4.78, 5) is 24.5. The number of pyridine rings is 1. The fraction of sp³-hybridized carbons (Fsp3) is 0.318. The van der Waals surface area contributed by atoms with Crippen LogP contribution in [-0.4, -0.2) is 27.7 Å². The third-order valence-electron chi connectivity index (χ3n) is 5.27. The molecule has 0 aliphatic carbocycles. The largest absolute Gasteiger partial charge is 0.404 e. The van der Waals surface area contributed by atoms with Crippen molar-refractivity contribution in [1.29, 1.82) is 0 Å². The van der Waals surface area contributed by atoms with Gasteiger partial charge in [0, 0.05) is 24.0 Å². The summed E-state index contributed by atoms with van der Waals surface area (Å²) < 4.78 is 54.1. The van der Waals surface area contributed by atoms with E-state index in [9.17, 15) is 22.4 Å². The lowest BCUT2D eigenvalue weighted by Gasteiger charge is -2.31. The molecule has 1 aliphatic heterocycles. The van der Waals surface area contributed by atoms with Crippen LogP contribution in [0.5, 0.6) is 0 Å². The maximum Gasteiger partial charge on any atom is 0.404 e. The van der Waals surface area contributed by atoms with Crippen molar-refractivity contribution in [3.8, 4) is 11.8 Å². The van der Waals surface area contributed by atoms with Crippen molar-refractivity contribution >= 4 is 22.4 Å². The van der Waals surface area contributed by atoms with E-state index in [0.29, 0.717) is 36.2 Å². The Bertz CT molecular complexity index is 1280. The molecular weight excluding hydrogens is 412 g/mol. The number of rotatable bonds is 1. The van der Waals surface area contributed by atoms with E-state index in [2.05, 4.69) is 26.8 Å². The quantitative estimate of drug-likeness (QED) is 0.457.